The van der Waals surface area contributed by atoms with Crippen molar-refractivity contribution in [1.82, 2.24) is 15.3 Å². The molecule has 10 heteroatoms. The third-order valence-corrected chi connectivity index (χ3v) is 7.86. The van der Waals surface area contributed by atoms with Gasteiger partial charge >= 0.3 is 0 Å². The highest BCUT2D eigenvalue weighted by atomic mass is 35.5. The van der Waals surface area contributed by atoms with Gasteiger partial charge in [-0.3, -0.25) is 4.79 Å². The molecule has 5 N–H and O–H groups in total. The Morgan fingerprint density at radius 2 is 1.44 bits per heavy atom. The summed E-state index contributed by atoms with van der Waals surface area (Å²) in [6.07, 6.45) is 4.93. The largest absolute Gasteiger partial charge is 0.497 e. The van der Waals surface area contributed by atoms with E-state index in [1.807, 2.05) is 24.3 Å². The van der Waals surface area contributed by atoms with Gasteiger partial charge in [0.1, 0.15) is 17.5 Å². The molecule has 1 aliphatic carbocycles. The Morgan fingerprint density at radius 3 is 1.92 bits per heavy atom. The zero-order valence-corrected chi connectivity index (χ0v) is 23.6. The molecule has 39 heavy (non-hydrogen) atoms. The van der Waals surface area contributed by atoms with E-state index in [9.17, 15) is 4.79 Å². The van der Waals surface area contributed by atoms with Crippen LogP contribution in [-0.2, 0) is 12.8 Å². The van der Waals surface area contributed by atoms with Crippen molar-refractivity contribution in [1.29, 1.82) is 0 Å². The van der Waals surface area contributed by atoms with Crippen LogP contribution in [0.3, 0.4) is 0 Å². The fourth-order valence-electron chi connectivity index (χ4n) is 5.19. The zero-order chi connectivity index (χ0) is 28.0. The molecule has 0 unspecified atom stereocenters. The molecule has 208 valence electrons. The van der Waals surface area contributed by atoms with Crippen LogP contribution in [0.25, 0.3) is 0 Å². The van der Waals surface area contributed by atoms with Gasteiger partial charge in [0.15, 0.2) is 22.5 Å². The van der Waals surface area contributed by atoms with Gasteiger partial charge in [0.25, 0.3) is 5.91 Å². The lowest BCUT2D eigenvalue weighted by atomic mass is 10.1. The van der Waals surface area contributed by atoms with Gasteiger partial charge in [-0.1, -0.05) is 35.9 Å². The average Bonchev–Trinajstić information content (AvgIpc) is 3.71. The highest BCUT2D eigenvalue weighted by Gasteiger charge is 2.52. The normalized spacial score (nSPS) is 16.5. The van der Waals surface area contributed by atoms with Crippen LogP contribution in [0.4, 0.5) is 11.6 Å². The molecule has 1 amide bonds. The van der Waals surface area contributed by atoms with Crippen LogP contribution in [0.2, 0.25) is 5.15 Å². The quantitative estimate of drug-likeness (QED) is 0.274. The molecule has 0 radical (unpaired) electrons. The van der Waals surface area contributed by atoms with Crippen LogP contribution in [0.5, 0.6) is 11.5 Å². The Kier molecular flexibility index (Phi) is 9.14. The van der Waals surface area contributed by atoms with Gasteiger partial charge in [-0.05, 0) is 48.2 Å². The van der Waals surface area contributed by atoms with E-state index in [1.165, 1.54) is 11.1 Å². The van der Waals surface area contributed by atoms with Crippen LogP contribution < -0.4 is 26.3 Å². The summed E-state index contributed by atoms with van der Waals surface area (Å²) < 4.78 is 11.4. The van der Waals surface area contributed by atoms with Crippen molar-refractivity contribution in [2.24, 2.45) is 0 Å². The van der Waals surface area contributed by atoms with E-state index in [2.05, 4.69) is 46.6 Å². The molecule has 2 atom stereocenters. The van der Waals surface area contributed by atoms with Gasteiger partial charge in [0, 0.05) is 19.3 Å². The van der Waals surface area contributed by atoms with Crippen molar-refractivity contribution in [2.45, 2.75) is 44.2 Å². The van der Waals surface area contributed by atoms with Crippen molar-refractivity contribution in [3.63, 3.8) is 0 Å². The lowest BCUT2D eigenvalue weighted by Crippen LogP contribution is -2.51. The lowest BCUT2D eigenvalue weighted by Gasteiger charge is -2.36. The Hall–Kier alpha value is -3.56. The van der Waals surface area contributed by atoms with Crippen LogP contribution in [0.1, 0.15) is 40.9 Å². The number of ether oxygens (including phenoxy) is 2. The number of nitrogens with two attached hydrogens (primary N) is 2. The van der Waals surface area contributed by atoms with E-state index in [0.29, 0.717) is 6.04 Å². The molecule has 2 aromatic carbocycles. The molecular weight excluding hydrogens is 516 g/mol. The smallest absolute Gasteiger partial charge is 0.274 e. The average molecular weight is 554 g/mol. The van der Waals surface area contributed by atoms with Crippen molar-refractivity contribution < 1.29 is 18.8 Å². The lowest BCUT2D eigenvalue weighted by molar-refractivity contribution is -0.921. The highest BCUT2D eigenvalue weighted by molar-refractivity contribution is 6.31. The second-order valence-electron chi connectivity index (χ2n) is 10.3. The second kappa shape index (κ2) is 12.5. The maximum Gasteiger partial charge on any atom is 0.274 e. The van der Waals surface area contributed by atoms with Crippen LogP contribution >= 0.6 is 11.6 Å². The summed E-state index contributed by atoms with van der Waals surface area (Å²) >= 11 is 5.98. The van der Waals surface area contributed by atoms with Crippen molar-refractivity contribution >= 4 is 29.1 Å². The Balaban J connectivity index is 1.39. The number of amides is 1. The predicted octanol–water partition coefficient (Wildman–Crippen LogP) is 3.89. The maximum absolute atomic E-state index is 12.9. The number of nitrogens with one attached hydrogen (secondary N) is 1. The Labute approximate surface area is 235 Å². The molecule has 4 rings (SSSR count). The highest BCUT2D eigenvalue weighted by Crippen LogP contribution is 2.35. The van der Waals surface area contributed by atoms with E-state index in [4.69, 9.17) is 32.5 Å². The number of carbonyl (C=O) groups is 1. The minimum atomic E-state index is -0.377. The molecule has 1 saturated carbocycles. The fourth-order valence-corrected chi connectivity index (χ4v) is 5.31. The van der Waals surface area contributed by atoms with Gasteiger partial charge in [-0.2, -0.15) is 0 Å². The fraction of sp³-hybridized carbons (Fsp3) is 0.414. The summed E-state index contributed by atoms with van der Waals surface area (Å²) in [6.45, 7) is 2.00. The maximum atomic E-state index is 12.9. The van der Waals surface area contributed by atoms with Gasteiger partial charge in [0.2, 0.25) is 0 Å². The number of aryl methyl sites for hydroxylation is 2. The first kappa shape index (κ1) is 28.4. The van der Waals surface area contributed by atoms with Gasteiger partial charge in [0.05, 0.1) is 40.4 Å². The van der Waals surface area contributed by atoms with Crippen molar-refractivity contribution in [3.8, 4) is 11.5 Å². The van der Waals surface area contributed by atoms with E-state index in [-0.39, 0.29) is 34.4 Å². The number of carbonyl (C=O) groups excluding carboxylic acids is 1. The molecule has 0 saturated heterocycles. The summed E-state index contributed by atoms with van der Waals surface area (Å²) in [5, 5.41) is 3.06. The number of benzene rings is 2. The van der Waals surface area contributed by atoms with Crippen molar-refractivity contribution in [3.05, 3.63) is 70.5 Å². The van der Waals surface area contributed by atoms with Crippen LogP contribution in [0, 0.1) is 0 Å². The standard InChI is InChI=1S/C29H37ClN6O3/c1-36(16-4-6-19-8-12-21(38-2)13-9-19,17-5-7-20-10-14-22(39-3)15-11-20)24-18-23(24)33-29(37)25-27(31)35-28(32)26(30)34-25/h8-15,23-24H,4-7,16-18H2,1-3H3,(H4-,31,32,33,35,37)/p+1/t23-,24-/m1/s1. The topological polar surface area (TPSA) is 125 Å². The number of methoxy groups -OCH3 is 2. The van der Waals surface area contributed by atoms with E-state index < -0.39 is 0 Å². The van der Waals surface area contributed by atoms with Crippen LogP contribution in [0.15, 0.2) is 48.5 Å². The SMILES string of the molecule is COc1ccc(CCC[N+](C)(CCCc2ccc(OC)cc2)[C@@H]2C[C@H]2NC(=O)c2nc(Cl)c(N)nc2N)cc1. The first-order valence-corrected chi connectivity index (χ1v) is 13.6. The van der Waals surface area contributed by atoms with Crippen LogP contribution in [-0.4, -0.2) is 66.8 Å². The molecule has 1 heterocycles. The van der Waals surface area contributed by atoms with E-state index >= 15 is 0 Å². The second-order valence-corrected chi connectivity index (χ2v) is 10.7. The monoisotopic (exact) mass is 553 g/mol. The molecule has 0 bridgehead atoms. The van der Waals surface area contributed by atoms with Crippen molar-refractivity contribution in [2.75, 3.05) is 45.8 Å². The number of hydrogen-bond donors (Lipinski definition) is 3. The summed E-state index contributed by atoms with van der Waals surface area (Å²) in [4.78, 5) is 20.9. The molecule has 0 spiro atoms. The van der Waals surface area contributed by atoms with E-state index in [0.717, 1.165) is 61.2 Å². The zero-order valence-electron chi connectivity index (χ0n) is 22.8. The summed E-state index contributed by atoms with van der Waals surface area (Å²) in [6, 6.07) is 16.8. The number of halogens is 1. The molecular formula is C29H38ClN6O3+. The van der Waals surface area contributed by atoms with Gasteiger partial charge in [-0.25, -0.2) is 9.97 Å². The summed E-state index contributed by atoms with van der Waals surface area (Å²) in [5.74, 6) is 1.33. The third kappa shape index (κ3) is 7.30. The number of nitrogens with zero attached hydrogens (tertiary/aromatic N) is 3. The minimum Gasteiger partial charge on any atom is -0.497 e. The van der Waals surface area contributed by atoms with Gasteiger partial charge in [-0.15, -0.1) is 0 Å². The number of hydrogen-bond acceptors (Lipinski definition) is 7. The summed E-state index contributed by atoms with van der Waals surface area (Å²) in [7, 11) is 5.65. The summed E-state index contributed by atoms with van der Waals surface area (Å²) in [5.41, 5.74) is 14.1. The molecule has 1 aromatic heterocycles. The first-order valence-electron chi connectivity index (χ1n) is 13.2. The number of anilines is 2. The Morgan fingerprint density at radius 1 is 0.923 bits per heavy atom. The molecule has 1 fully saturated rings. The molecule has 3 aromatic rings. The minimum absolute atomic E-state index is 0.00739. The Bertz CT molecular complexity index is 1220. The number of rotatable bonds is 13. The van der Waals surface area contributed by atoms with E-state index in [1.54, 1.807) is 14.2 Å². The first-order chi connectivity index (χ1) is 18.7. The number of nitrogen functional groups attached to an aromatic ring is 2. The molecule has 1 aliphatic rings. The number of quaternary nitrogens is 1. The number of likely N-dealkylation sites (N-methyl/N-ethyl adjacent to an activating group) is 1. The number of aromatic nitrogens is 2. The predicted molar refractivity (Wildman–Crippen MR) is 154 cm³/mol. The molecule has 9 nitrogen and oxygen atoms in total. The van der Waals surface area contributed by atoms with Gasteiger partial charge < -0.3 is 30.7 Å². The third-order valence-electron chi connectivity index (χ3n) is 7.58. The molecule has 0 aliphatic heterocycles.